The van der Waals surface area contributed by atoms with Crippen molar-refractivity contribution in [2.24, 2.45) is 0 Å². The third kappa shape index (κ3) is 2.41. The maximum atomic E-state index is 12.4. The summed E-state index contributed by atoms with van der Waals surface area (Å²) in [5.74, 6) is 0.209. The number of rotatable bonds is 3. The summed E-state index contributed by atoms with van der Waals surface area (Å²) >= 11 is 0. The van der Waals surface area contributed by atoms with E-state index in [-0.39, 0.29) is 11.9 Å². The average Bonchev–Trinajstić information content (AvgIpc) is 2.61. The minimum absolute atomic E-state index is 0.0241. The molecule has 0 bridgehead atoms. The van der Waals surface area contributed by atoms with Crippen LogP contribution >= 0.6 is 0 Å². The number of hydrogen-bond acceptors (Lipinski definition) is 2. The van der Waals surface area contributed by atoms with Gasteiger partial charge in [-0.05, 0) is 31.4 Å². The Morgan fingerprint density at radius 3 is 2.44 bits per heavy atom. The number of aryl methyl sites for hydroxylation is 2. The third-order valence-electron chi connectivity index (χ3n) is 3.45. The van der Waals surface area contributed by atoms with Gasteiger partial charge >= 0.3 is 0 Å². The van der Waals surface area contributed by atoms with E-state index >= 15 is 0 Å². The van der Waals surface area contributed by atoms with Gasteiger partial charge < -0.3 is 10.2 Å². The highest BCUT2D eigenvalue weighted by Gasteiger charge is 2.33. The molecule has 1 amide bonds. The minimum Gasteiger partial charge on any atom is -0.310 e. The lowest BCUT2D eigenvalue weighted by atomic mass is 10.1. The van der Waals surface area contributed by atoms with Crippen LogP contribution in [-0.2, 0) is 4.79 Å². The minimum atomic E-state index is -0.0241. The summed E-state index contributed by atoms with van der Waals surface area (Å²) in [6.45, 7) is 9.11. The molecule has 0 spiro atoms. The monoisotopic (exact) mass is 246 g/mol. The van der Waals surface area contributed by atoms with Gasteiger partial charge in [-0.15, -0.1) is 0 Å². The molecule has 1 unspecified atom stereocenters. The number of para-hydroxylation sites is 1. The third-order valence-corrected chi connectivity index (χ3v) is 3.45. The zero-order valence-electron chi connectivity index (χ0n) is 11.7. The molecule has 1 aromatic carbocycles. The number of nitrogens with zero attached hydrogens (tertiary/aromatic N) is 1. The van der Waals surface area contributed by atoms with E-state index in [0.29, 0.717) is 6.04 Å². The van der Waals surface area contributed by atoms with Crippen LogP contribution in [0, 0.1) is 13.8 Å². The molecule has 2 rings (SSSR count). The van der Waals surface area contributed by atoms with E-state index in [1.807, 2.05) is 11.0 Å². The molecule has 1 aliphatic rings. The lowest BCUT2D eigenvalue weighted by Crippen LogP contribution is -2.41. The van der Waals surface area contributed by atoms with Crippen LogP contribution in [0.25, 0.3) is 0 Å². The predicted molar refractivity (Wildman–Crippen MR) is 74.9 cm³/mol. The molecule has 1 heterocycles. The maximum Gasteiger partial charge on any atom is 0.244 e. The molecule has 1 N–H and O–H groups in total. The largest absolute Gasteiger partial charge is 0.310 e. The molecule has 3 nitrogen and oxygen atoms in total. The molecule has 0 aromatic heterocycles. The fourth-order valence-corrected chi connectivity index (χ4v) is 2.69. The molecule has 1 fully saturated rings. The Bertz CT molecular complexity index is 434. The van der Waals surface area contributed by atoms with E-state index in [1.165, 1.54) is 11.1 Å². The lowest BCUT2D eigenvalue weighted by Gasteiger charge is -2.22. The molecule has 1 aliphatic heterocycles. The van der Waals surface area contributed by atoms with Crippen molar-refractivity contribution in [2.45, 2.75) is 46.2 Å². The van der Waals surface area contributed by atoms with Crippen LogP contribution in [0.2, 0.25) is 0 Å². The van der Waals surface area contributed by atoms with Crippen LogP contribution in [0.1, 0.15) is 31.4 Å². The second-order valence-corrected chi connectivity index (χ2v) is 5.39. The molecule has 1 atom stereocenters. The number of carbonyl (C=O) groups is 1. The number of nitrogens with one attached hydrogen (secondary N) is 1. The van der Waals surface area contributed by atoms with Gasteiger partial charge in [-0.3, -0.25) is 4.79 Å². The SMILES string of the molecule is Cc1cccc(C)c1N1CCC(NC(C)C)C1=O. The molecule has 18 heavy (non-hydrogen) atoms. The highest BCUT2D eigenvalue weighted by Crippen LogP contribution is 2.28. The van der Waals surface area contributed by atoms with Gasteiger partial charge in [0.15, 0.2) is 0 Å². The quantitative estimate of drug-likeness (QED) is 0.888. The topological polar surface area (TPSA) is 32.3 Å². The van der Waals surface area contributed by atoms with E-state index in [4.69, 9.17) is 0 Å². The van der Waals surface area contributed by atoms with E-state index in [2.05, 4.69) is 45.1 Å². The number of benzene rings is 1. The Balaban J connectivity index is 2.23. The molecule has 1 saturated heterocycles. The van der Waals surface area contributed by atoms with Crippen molar-refractivity contribution < 1.29 is 4.79 Å². The van der Waals surface area contributed by atoms with Gasteiger partial charge in [0, 0.05) is 18.3 Å². The van der Waals surface area contributed by atoms with Crippen LogP contribution in [0.5, 0.6) is 0 Å². The van der Waals surface area contributed by atoms with E-state index < -0.39 is 0 Å². The Morgan fingerprint density at radius 1 is 1.28 bits per heavy atom. The van der Waals surface area contributed by atoms with Gasteiger partial charge in [0.1, 0.15) is 0 Å². The average molecular weight is 246 g/mol. The summed E-state index contributed by atoms with van der Waals surface area (Å²) in [6.07, 6.45) is 0.894. The summed E-state index contributed by atoms with van der Waals surface area (Å²) in [5, 5.41) is 3.34. The fraction of sp³-hybridized carbons (Fsp3) is 0.533. The summed E-state index contributed by atoms with van der Waals surface area (Å²) < 4.78 is 0. The second kappa shape index (κ2) is 5.11. The summed E-state index contributed by atoms with van der Waals surface area (Å²) in [7, 11) is 0. The Hall–Kier alpha value is -1.35. The van der Waals surface area contributed by atoms with Crippen molar-refractivity contribution in [3.8, 4) is 0 Å². The van der Waals surface area contributed by atoms with Crippen molar-refractivity contribution in [3.63, 3.8) is 0 Å². The zero-order chi connectivity index (χ0) is 13.3. The number of amides is 1. The first-order valence-electron chi connectivity index (χ1n) is 6.64. The highest BCUT2D eigenvalue weighted by atomic mass is 16.2. The van der Waals surface area contributed by atoms with Gasteiger partial charge in [-0.1, -0.05) is 32.0 Å². The van der Waals surface area contributed by atoms with Crippen LogP contribution in [0.15, 0.2) is 18.2 Å². The van der Waals surface area contributed by atoms with Gasteiger partial charge in [0.2, 0.25) is 5.91 Å². The van der Waals surface area contributed by atoms with Crippen molar-refractivity contribution >= 4 is 11.6 Å². The van der Waals surface area contributed by atoms with Crippen molar-refractivity contribution in [2.75, 3.05) is 11.4 Å². The van der Waals surface area contributed by atoms with E-state index in [9.17, 15) is 4.79 Å². The first kappa shape index (κ1) is 13.1. The number of carbonyl (C=O) groups excluding carboxylic acids is 1. The van der Waals surface area contributed by atoms with Gasteiger partial charge in [-0.25, -0.2) is 0 Å². The Kier molecular flexibility index (Phi) is 3.71. The zero-order valence-corrected chi connectivity index (χ0v) is 11.7. The van der Waals surface area contributed by atoms with Crippen molar-refractivity contribution in [3.05, 3.63) is 29.3 Å². The summed E-state index contributed by atoms with van der Waals surface area (Å²) in [6, 6.07) is 6.50. The highest BCUT2D eigenvalue weighted by molar-refractivity contribution is 6.00. The standard InChI is InChI=1S/C15H22N2O/c1-10(2)16-13-8-9-17(15(13)18)14-11(3)6-5-7-12(14)4/h5-7,10,13,16H,8-9H2,1-4H3. The lowest BCUT2D eigenvalue weighted by molar-refractivity contribution is -0.119. The van der Waals surface area contributed by atoms with Gasteiger partial charge in [0.25, 0.3) is 0 Å². The molecule has 0 radical (unpaired) electrons. The second-order valence-electron chi connectivity index (χ2n) is 5.39. The predicted octanol–water partition coefficient (Wildman–Crippen LogP) is 2.41. The van der Waals surface area contributed by atoms with Crippen LogP contribution in [0.3, 0.4) is 0 Å². The summed E-state index contributed by atoms with van der Waals surface area (Å²) in [5.41, 5.74) is 3.44. The van der Waals surface area contributed by atoms with E-state index in [0.717, 1.165) is 18.7 Å². The van der Waals surface area contributed by atoms with Crippen molar-refractivity contribution in [1.82, 2.24) is 5.32 Å². The van der Waals surface area contributed by atoms with Crippen LogP contribution < -0.4 is 10.2 Å². The fourth-order valence-electron chi connectivity index (χ4n) is 2.69. The number of hydrogen-bond donors (Lipinski definition) is 1. The molecule has 0 saturated carbocycles. The summed E-state index contributed by atoms with van der Waals surface area (Å²) in [4.78, 5) is 14.3. The molecule has 1 aromatic rings. The van der Waals surface area contributed by atoms with Crippen LogP contribution in [-0.4, -0.2) is 24.5 Å². The maximum absolute atomic E-state index is 12.4. The van der Waals surface area contributed by atoms with Gasteiger partial charge in [-0.2, -0.15) is 0 Å². The van der Waals surface area contributed by atoms with Gasteiger partial charge in [0.05, 0.1) is 6.04 Å². The first-order chi connectivity index (χ1) is 8.50. The smallest absolute Gasteiger partial charge is 0.244 e. The van der Waals surface area contributed by atoms with Crippen molar-refractivity contribution in [1.29, 1.82) is 0 Å². The number of anilines is 1. The van der Waals surface area contributed by atoms with E-state index in [1.54, 1.807) is 0 Å². The molecular formula is C15H22N2O. The Labute approximate surface area is 109 Å². The first-order valence-corrected chi connectivity index (χ1v) is 6.64. The molecule has 98 valence electrons. The molecule has 0 aliphatic carbocycles. The normalized spacial score (nSPS) is 19.9. The molecule has 3 heteroatoms. The van der Waals surface area contributed by atoms with Crippen LogP contribution in [0.4, 0.5) is 5.69 Å². The Morgan fingerprint density at radius 2 is 1.89 bits per heavy atom. The molecular weight excluding hydrogens is 224 g/mol.